The van der Waals surface area contributed by atoms with E-state index in [1.165, 1.54) is 0 Å². The third kappa shape index (κ3) is 3.00. The van der Waals surface area contributed by atoms with Gasteiger partial charge in [-0.25, -0.2) is 0 Å². The molecule has 0 aliphatic carbocycles. The fourth-order valence-corrected chi connectivity index (χ4v) is 3.58. The summed E-state index contributed by atoms with van der Waals surface area (Å²) < 4.78 is 2.47. The Bertz CT molecular complexity index is 933. The van der Waals surface area contributed by atoms with Gasteiger partial charge in [-0.2, -0.15) is 5.10 Å². The van der Waals surface area contributed by atoms with Crippen LogP contribution in [-0.2, 0) is 11.3 Å². The molecule has 0 bridgehead atoms. The molecule has 4 rings (SSSR count). The van der Waals surface area contributed by atoms with Gasteiger partial charge in [-0.15, -0.1) is 0 Å². The van der Waals surface area contributed by atoms with Crippen LogP contribution >= 0.6 is 12.2 Å². The number of benzene rings is 2. The number of carbonyl (C=O) groups excluding carboxylic acids is 1. The standard InChI is InChI=1S/C19H18N4OS/c24-17-12-11-16(22(17)13-14-7-3-1-4-8-14)18-20-21-19(25)23(18)15-9-5-2-6-10-15/h1-10,16H,11-13H2,(H,21,25)/t16-/m0/s1. The summed E-state index contributed by atoms with van der Waals surface area (Å²) in [6, 6.07) is 19.8. The van der Waals surface area contributed by atoms with E-state index in [1.807, 2.05) is 70.1 Å². The number of amides is 1. The lowest BCUT2D eigenvalue weighted by Crippen LogP contribution is -2.28. The number of carbonyl (C=O) groups is 1. The van der Waals surface area contributed by atoms with Gasteiger partial charge in [0, 0.05) is 18.7 Å². The molecule has 0 saturated carbocycles. The highest BCUT2D eigenvalue weighted by Gasteiger charge is 2.35. The second-order valence-electron chi connectivity index (χ2n) is 6.12. The van der Waals surface area contributed by atoms with Gasteiger partial charge in [0.05, 0.1) is 6.04 Å². The van der Waals surface area contributed by atoms with E-state index in [1.54, 1.807) is 0 Å². The molecule has 5 nitrogen and oxygen atoms in total. The molecule has 1 aliphatic heterocycles. The maximum absolute atomic E-state index is 12.5. The largest absolute Gasteiger partial charge is 0.328 e. The van der Waals surface area contributed by atoms with Crippen molar-refractivity contribution < 1.29 is 4.79 Å². The van der Waals surface area contributed by atoms with Crippen molar-refractivity contribution in [2.45, 2.75) is 25.4 Å². The van der Waals surface area contributed by atoms with Crippen LogP contribution in [0.15, 0.2) is 60.7 Å². The molecule has 1 fully saturated rings. The van der Waals surface area contributed by atoms with Gasteiger partial charge in [0.15, 0.2) is 10.6 Å². The van der Waals surface area contributed by atoms with E-state index in [0.717, 1.165) is 23.5 Å². The number of nitrogens with one attached hydrogen (secondary N) is 1. The zero-order chi connectivity index (χ0) is 17.2. The molecule has 0 unspecified atom stereocenters. The van der Waals surface area contributed by atoms with Crippen LogP contribution in [0.5, 0.6) is 0 Å². The minimum absolute atomic E-state index is 0.0825. The first-order valence-electron chi connectivity index (χ1n) is 8.30. The van der Waals surface area contributed by atoms with Crippen molar-refractivity contribution >= 4 is 18.1 Å². The molecule has 2 aromatic carbocycles. The average molecular weight is 350 g/mol. The van der Waals surface area contributed by atoms with E-state index in [4.69, 9.17) is 12.2 Å². The van der Waals surface area contributed by atoms with E-state index >= 15 is 0 Å². The number of aromatic nitrogens is 3. The smallest absolute Gasteiger partial charge is 0.223 e. The van der Waals surface area contributed by atoms with Gasteiger partial charge in [-0.3, -0.25) is 14.5 Å². The van der Waals surface area contributed by atoms with E-state index in [9.17, 15) is 4.79 Å². The molecule has 6 heteroatoms. The minimum Gasteiger partial charge on any atom is -0.328 e. The minimum atomic E-state index is -0.0825. The molecule has 0 radical (unpaired) electrons. The van der Waals surface area contributed by atoms with Crippen molar-refractivity contribution in [3.63, 3.8) is 0 Å². The molecular formula is C19H18N4OS. The predicted octanol–water partition coefficient (Wildman–Crippen LogP) is 3.79. The molecule has 3 aromatic rings. The summed E-state index contributed by atoms with van der Waals surface area (Å²) in [5, 5.41) is 7.34. The van der Waals surface area contributed by atoms with Gasteiger partial charge < -0.3 is 4.90 Å². The molecule has 1 atom stereocenters. The fraction of sp³-hybridized carbons (Fsp3) is 0.211. The Balaban J connectivity index is 1.72. The van der Waals surface area contributed by atoms with Gasteiger partial charge in [0.2, 0.25) is 5.91 Å². The molecular weight excluding hydrogens is 332 g/mol. The lowest BCUT2D eigenvalue weighted by Gasteiger charge is -2.24. The zero-order valence-electron chi connectivity index (χ0n) is 13.6. The van der Waals surface area contributed by atoms with Crippen LogP contribution in [0.4, 0.5) is 0 Å². The Kier molecular flexibility index (Phi) is 4.19. The van der Waals surface area contributed by atoms with E-state index < -0.39 is 0 Å². The lowest BCUT2D eigenvalue weighted by atomic mass is 10.1. The van der Waals surface area contributed by atoms with Crippen LogP contribution in [-0.4, -0.2) is 25.6 Å². The van der Waals surface area contributed by atoms with E-state index in [0.29, 0.717) is 17.7 Å². The number of para-hydroxylation sites is 1. The summed E-state index contributed by atoms with van der Waals surface area (Å²) in [6.07, 6.45) is 1.28. The molecule has 126 valence electrons. The number of likely N-dealkylation sites (tertiary alicyclic amines) is 1. The van der Waals surface area contributed by atoms with Crippen LogP contribution in [0.3, 0.4) is 0 Å². The number of rotatable bonds is 4. The van der Waals surface area contributed by atoms with Crippen molar-refractivity contribution in [1.29, 1.82) is 0 Å². The van der Waals surface area contributed by atoms with Crippen molar-refractivity contribution in [3.05, 3.63) is 76.8 Å². The molecule has 1 N–H and O–H groups in total. The molecule has 1 amide bonds. The Morgan fingerprint density at radius 2 is 1.76 bits per heavy atom. The Morgan fingerprint density at radius 1 is 1.08 bits per heavy atom. The third-order valence-electron chi connectivity index (χ3n) is 4.53. The number of H-pyrrole nitrogens is 1. The van der Waals surface area contributed by atoms with Crippen molar-refractivity contribution in [2.24, 2.45) is 0 Å². The summed E-state index contributed by atoms with van der Waals surface area (Å²) in [5.74, 6) is 0.945. The highest BCUT2D eigenvalue weighted by Crippen LogP contribution is 2.34. The first-order valence-corrected chi connectivity index (χ1v) is 8.71. The SMILES string of the molecule is O=C1CC[C@@H](c2n[nH]c(=S)n2-c2ccccc2)N1Cc1ccccc1. The van der Waals surface area contributed by atoms with Gasteiger partial charge in [0.25, 0.3) is 0 Å². The number of hydrogen-bond donors (Lipinski definition) is 1. The van der Waals surface area contributed by atoms with Crippen LogP contribution in [0.25, 0.3) is 5.69 Å². The molecule has 0 spiro atoms. The molecule has 1 aliphatic rings. The number of aromatic amines is 1. The van der Waals surface area contributed by atoms with Crippen LogP contribution in [0, 0.1) is 4.77 Å². The summed E-state index contributed by atoms with van der Waals surface area (Å²) >= 11 is 5.43. The molecule has 1 aromatic heterocycles. The molecule has 25 heavy (non-hydrogen) atoms. The zero-order valence-corrected chi connectivity index (χ0v) is 14.4. The van der Waals surface area contributed by atoms with Crippen molar-refractivity contribution in [2.75, 3.05) is 0 Å². The van der Waals surface area contributed by atoms with Gasteiger partial charge in [-0.05, 0) is 36.3 Å². The predicted molar refractivity (Wildman–Crippen MR) is 97.7 cm³/mol. The quantitative estimate of drug-likeness (QED) is 0.728. The summed E-state index contributed by atoms with van der Waals surface area (Å²) in [7, 11) is 0. The molecule has 1 saturated heterocycles. The van der Waals surface area contributed by atoms with E-state index in [-0.39, 0.29) is 11.9 Å². The first-order chi connectivity index (χ1) is 12.2. The number of nitrogens with zero attached hydrogens (tertiary/aromatic N) is 3. The monoisotopic (exact) mass is 350 g/mol. The normalized spacial score (nSPS) is 17.2. The highest BCUT2D eigenvalue weighted by atomic mass is 32.1. The highest BCUT2D eigenvalue weighted by molar-refractivity contribution is 7.71. The Hall–Kier alpha value is -2.73. The van der Waals surface area contributed by atoms with Crippen molar-refractivity contribution in [3.8, 4) is 5.69 Å². The van der Waals surface area contributed by atoms with Crippen LogP contribution < -0.4 is 0 Å². The van der Waals surface area contributed by atoms with E-state index in [2.05, 4.69) is 10.2 Å². The van der Waals surface area contributed by atoms with Crippen LogP contribution in [0.1, 0.15) is 30.3 Å². The van der Waals surface area contributed by atoms with Gasteiger partial charge in [0.1, 0.15) is 0 Å². The number of hydrogen-bond acceptors (Lipinski definition) is 3. The van der Waals surface area contributed by atoms with Crippen LogP contribution in [0.2, 0.25) is 0 Å². The summed E-state index contributed by atoms with van der Waals surface area (Å²) in [5.41, 5.74) is 2.07. The maximum atomic E-state index is 12.5. The van der Waals surface area contributed by atoms with Gasteiger partial charge >= 0.3 is 0 Å². The average Bonchev–Trinajstić information content (AvgIpc) is 3.20. The lowest BCUT2D eigenvalue weighted by molar-refractivity contribution is -0.129. The second kappa shape index (κ2) is 6.64. The maximum Gasteiger partial charge on any atom is 0.223 e. The second-order valence-corrected chi connectivity index (χ2v) is 6.51. The molecule has 2 heterocycles. The van der Waals surface area contributed by atoms with Crippen molar-refractivity contribution in [1.82, 2.24) is 19.7 Å². The topological polar surface area (TPSA) is 53.9 Å². The Morgan fingerprint density at radius 3 is 2.48 bits per heavy atom. The summed E-state index contributed by atoms with van der Waals surface area (Å²) in [4.78, 5) is 14.4. The summed E-state index contributed by atoms with van der Waals surface area (Å²) in [6.45, 7) is 0.582. The Labute approximate surface area is 150 Å². The first kappa shape index (κ1) is 15.8. The van der Waals surface area contributed by atoms with Gasteiger partial charge in [-0.1, -0.05) is 48.5 Å². The third-order valence-corrected chi connectivity index (χ3v) is 4.81. The fourth-order valence-electron chi connectivity index (χ4n) is 3.34.